The van der Waals surface area contributed by atoms with Crippen LogP contribution in [0.15, 0.2) is 36.4 Å². The van der Waals surface area contributed by atoms with Crippen LogP contribution in [-0.2, 0) is 13.2 Å². The van der Waals surface area contributed by atoms with Crippen molar-refractivity contribution in [3.8, 4) is 11.5 Å². The van der Waals surface area contributed by atoms with E-state index in [0.717, 1.165) is 11.1 Å². The number of halogens is 1. The summed E-state index contributed by atoms with van der Waals surface area (Å²) in [5.41, 5.74) is 14.7. The van der Waals surface area contributed by atoms with Gasteiger partial charge in [-0.1, -0.05) is 41.4 Å². The molecular weight excluding hydrogens is 342 g/mol. The van der Waals surface area contributed by atoms with Gasteiger partial charge in [0.2, 0.25) is 0 Å². The van der Waals surface area contributed by atoms with Gasteiger partial charge in [-0.2, -0.15) is 11.1 Å². The molecule has 0 aliphatic carbocycles. The smallest absolute Gasteiger partial charge is 0.180 e. The minimum Gasteiger partial charge on any atom is -0.493 e. The van der Waals surface area contributed by atoms with Crippen molar-refractivity contribution in [2.24, 2.45) is 0 Å². The highest BCUT2D eigenvalue weighted by atomic mass is 35.5. The van der Waals surface area contributed by atoms with E-state index >= 15 is 0 Å². The highest BCUT2D eigenvalue weighted by Crippen LogP contribution is 2.37. The molecule has 1 heterocycles. The third-order valence-corrected chi connectivity index (χ3v) is 4.08. The van der Waals surface area contributed by atoms with Crippen LogP contribution in [0, 0.1) is 6.92 Å². The average Bonchev–Trinajstić information content (AvgIpc) is 3.13. The lowest BCUT2D eigenvalue weighted by atomic mass is 10.1. The monoisotopic (exact) mass is 363 g/mol. The standard InChI is InChI=1S/C17H22ClN5O2/c1-11-3-5-12(6-4-11)10-25-16-14(18)7-13(8-15(16)24-2)9-19-17-20-22-23-21-17/h3-8,17,19-23H,9-10H2,1-2H3. The second-order valence-corrected chi connectivity index (χ2v) is 6.14. The topological polar surface area (TPSA) is 78.6 Å². The lowest BCUT2D eigenvalue weighted by Crippen LogP contribution is -2.46. The van der Waals surface area contributed by atoms with Gasteiger partial charge in [-0.15, -0.1) is 0 Å². The maximum Gasteiger partial charge on any atom is 0.180 e. The fourth-order valence-corrected chi connectivity index (χ4v) is 2.72. The third kappa shape index (κ3) is 4.82. The predicted octanol–water partition coefficient (Wildman–Crippen LogP) is 1.73. The second-order valence-electron chi connectivity index (χ2n) is 5.74. The molecular formula is C17H22ClN5O2. The summed E-state index contributed by atoms with van der Waals surface area (Å²) < 4.78 is 11.3. The van der Waals surface area contributed by atoms with Crippen molar-refractivity contribution in [3.63, 3.8) is 0 Å². The molecule has 0 bridgehead atoms. The fraction of sp³-hybridized carbons (Fsp3) is 0.294. The van der Waals surface area contributed by atoms with Gasteiger partial charge in [0, 0.05) is 6.54 Å². The minimum atomic E-state index is -0.0952. The van der Waals surface area contributed by atoms with Gasteiger partial charge in [0.1, 0.15) is 12.9 Å². The number of methoxy groups -OCH3 is 1. The third-order valence-electron chi connectivity index (χ3n) is 3.80. The normalized spacial score (nSPS) is 14.7. The Bertz CT molecular complexity index is 705. The van der Waals surface area contributed by atoms with Crippen molar-refractivity contribution in [3.05, 3.63) is 58.1 Å². The molecule has 0 spiro atoms. The van der Waals surface area contributed by atoms with Gasteiger partial charge in [0.25, 0.3) is 0 Å². The van der Waals surface area contributed by atoms with Gasteiger partial charge < -0.3 is 9.47 Å². The number of nitrogens with one attached hydrogen (secondary N) is 5. The number of aryl methyl sites for hydroxylation is 1. The number of hydrogen-bond acceptors (Lipinski definition) is 7. The lowest BCUT2D eigenvalue weighted by Gasteiger charge is -2.16. The molecule has 2 aromatic carbocycles. The van der Waals surface area contributed by atoms with Gasteiger partial charge >= 0.3 is 0 Å². The van der Waals surface area contributed by atoms with Crippen LogP contribution in [0.25, 0.3) is 0 Å². The molecule has 0 amide bonds. The zero-order chi connectivity index (χ0) is 17.6. The van der Waals surface area contributed by atoms with Crippen LogP contribution >= 0.6 is 11.6 Å². The largest absolute Gasteiger partial charge is 0.493 e. The van der Waals surface area contributed by atoms with Crippen molar-refractivity contribution in [1.29, 1.82) is 0 Å². The van der Waals surface area contributed by atoms with E-state index in [-0.39, 0.29) is 6.29 Å². The van der Waals surface area contributed by atoms with Crippen LogP contribution in [0.5, 0.6) is 11.5 Å². The number of ether oxygens (including phenoxy) is 2. The highest BCUT2D eigenvalue weighted by Gasteiger charge is 2.15. The van der Waals surface area contributed by atoms with Crippen molar-refractivity contribution < 1.29 is 9.47 Å². The molecule has 1 saturated heterocycles. The molecule has 2 aromatic rings. The zero-order valence-electron chi connectivity index (χ0n) is 14.2. The van der Waals surface area contributed by atoms with Crippen molar-refractivity contribution in [2.75, 3.05) is 7.11 Å². The summed E-state index contributed by atoms with van der Waals surface area (Å²) in [7, 11) is 1.61. The number of rotatable bonds is 7. The summed E-state index contributed by atoms with van der Waals surface area (Å²) in [5, 5.41) is 3.78. The van der Waals surface area contributed by atoms with E-state index in [0.29, 0.717) is 29.7 Å². The molecule has 0 atom stereocenters. The first kappa shape index (κ1) is 17.9. The van der Waals surface area contributed by atoms with Gasteiger partial charge in [0.15, 0.2) is 11.5 Å². The van der Waals surface area contributed by atoms with E-state index in [1.165, 1.54) is 5.56 Å². The maximum absolute atomic E-state index is 6.41. The summed E-state index contributed by atoms with van der Waals surface area (Å²) >= 11 is 6.41. The Hall–Kier alpha value is -1.87. The molecule has 0 aromatic heterocycles. The Kier molecular flexibility index (Phi) is 6.09. The van der Waals surface area contributed by atoms with E-state index in [9.17, 15) is 0 Å². The summed E-state index contributed by atoms with van der Waals surface area (Å²) in [4.78, 5) is 0. The van der Waals surface area contributed by atoms with Crippen molar-refractivity contribution in [2.45, 2.75) is 26.4 Å². The van der Waals surface area contributed by atoms with Crippen LogP contribution in [0.4, 0.5) is 0 Å². The Morgan fingerprint density at radius 2 is 1.80 bits per heavy atom. The van der Waals surface area contributed by atoms with Crippen LogP contribution in [0.1, 0.15) is 16.7 Å². The van der Waals surface area contributed by atoms with Gasteiger partial charge in [0.05, 0.1) is 12.1 Å². The number of hydrazine groups is 3. The Balaban J connectivity index is 1.67. The highest BCUT2D eigenvalue weighted by molar-refractivity contribution is 6.32. The van der Waals surface area contributed by atoms with E-state index in [1.807, 2.05) is 24.3 Å². The van der Waals surface area contributed by atoms with E-state index in [4.69, 9.17) is 21.1 Å². The summed E-state index contributed by atoms with van der Waals surface area (Å²) in [6.07, 6.45) is -0.0952. The molecule has 1 aliphatic heterocycles. The number of benzene rings is 2. The minimum absolute atomic E-state index is 0.0952. The molecule has 7 nitrogen and oxygen atoms in total. The SMILES string of the molecule is COc1cc(CNC2NNNN2)cc(Cl)c1OCc1ccc(C)cc1. The molecule has 25 heavy (non-hydrogen) atoms. The molecule has 3 rings (SSSR count). The van der Waals surface area contributed by atoms with Gasteiger partial charge in [-0.05, 0) is 30.2 Å². The Labute approximate surface area is 151 Å². The molecule has 5 N–H and O–H groups in total. The second kappa shape index (κ2) is 8.48. The lowest BCUT2D eigenvalue weighted by molar-refractivity contribution is 0.284. The van der Waals surface area contributed by atoms with Gasteiger partial charge in [-0.3, -0.25) is 5.32 Å². The first-order chi connectivity index (χ1) is 12.2. The molecule has 1 aliphatic rings. The average molecular weight is 364 g/mol. The van der Waals surface area contributed by atoms with E-state index in [1.54, 1.807) is 7.11 Å². The predicted molar refractivity (Wildman–Crippen MR) is 96.7 cm³/mol. The molecule has 8 heteroatoms. The molecule has 0 saturated carbocycles. The quantitative estimate of drug-likeness (QED) is 0.512. The van der Waals surface area contributed by atoms with Gasteiger partial charge in [-0.25, -0.2) is 10.9 Å². The van der Waals surface area contributed by atoms with Crippen LogP contribution < -0.4 is 36.7 Å². The molecule has 0 unspecified atom stereocenters. The van der Waals surface area contributed by atoms with Crippen molar-refractivity contribution >= 4 is 11.6 Å². The Morgan fingerprint density at radius 1 is 1.08 bits per heavy atom. The van der Waals surface area contributed by atoms with Crippen LogP contribution in [-0.4, -0.2) is 13.4 Å². The summed E-state index contributed by atoms with van der Waals surface area (Å²) in [5.74, 6) is 1.16. The maximum atomic E-state index is 6.41. The van der Waals surface area contributed by atoms with Crippen molar-refractivity contribution in [1.82, 2.24) is 27.2 Å². The van der Waals surface area contributed by atoms with Crippen LogP contribution in [0.2, 0.25) is 5.02 Å². The first-order valence-electron chi connectivity index (χ1n) is 7.95. The molecule has 134 valence electrons. The summed E-state index contributed by atoms with van der Waals surface area (Å²) in [6, 6.07) is 12.0. The summed E-state index contributed by atoms with van der Waals surface area (Å²) in [6.45, 7) is 3.09. The molecule has 1 fully saturated rings. The fourth-order valence-electron chi connectivity index (χ4n) is 2.43. The first-order valence-corrected chi connectivity index (χ1v) is 8.32. The van der Waals surface area contributed by atoms with E-state index in [2.05, 4.69) is 46.3 Å². The van der Waals surface area contributed by atoms with E-state index < -0.39 is 0 Å². The van der Waals surface area contributed by atoms with Crippen LogP contribution in [0.3, 0.4) is 0 Å². The molecule has 0 radical (unpaired) electrons. The number of hydrogen-bond donors (Lipinski definition) is 5. The zero-order valence-corrected chi connectivity index (χ0v) is 14.9. The Morgan fingerprint density at radius 3 is 2.48 bits per heavy atom.